The van der Waals surface area contributed by atoms with Gasteiger partial charge in [-0.1, -0.05) is 29.8 Å². The van der Waals surface area contributed by atoms with E-state index in [4.69, 9.17) is 21.4 Å². The molecule has 0 aliphatic carbocycles. The summed E-state index contributed by atoms with van der Waals surface area (Å²) < 4.78 is 5.53. The summed E-state index contributed by atoms with van der Waals surface area (Å²) in [5.74, 6) is -0.244. The van der Waals surface area contributed by atoms with E-state index in [0.717, 1.165) is 23.3 Å². The van der Waals surface area contributed by atoms with Gasteiger partial charge in [0.15, 0.2) is 0 Å². The molecule has 0 atom stereocenters. The fourth-order valence-electron chi connectivity index (χ4n) is 3.33. The third kappa shape index (κ3) is 5.70. The van der Waals surface area contributed by atoms with Crippen molar-refractivity contribution in [2.24, 2.45) is 0 Å². The van der Waals surface area contributed by atoms with Crippen LogP contribution in [-0.2, 0) is 23.3 Å². The van der Waals surface area contributed by atoms with Gasteiger partial charge >= 0.3 is 12.1 Å². The standard InChI is InChI=1S/C23H26ClNO4S/c1-23(2,3)29-22(28)25-12-10-16-8-9-19(24)20(18(16)11-13-25)30-14-15-4-6-17(7-5-15)21(26)27/h4-9H,10-14H2,1-3H3,(H,26,27). The summed E-state index contributed by atoms with van der Waals surface area (Å²) in [4.78, 5) is 26.3. The number of halogens is 1. The second kappa shape index (κ2) is 9.31. The Labute approximate surface area is 186 Å². The van der Waals surface area contributed by atoms with Crippen molar-refractivity contribution >= 4 is 35.4 Å². The van der Waals surface area contributed by atoms with Gasteiger partial charge in [-0.15, -0.1) is 11.8 Å². The number of carboxylic acids is 1. The summed E-state index contributed by atoms with van der Waals surface area (Å²) in [5.41, 5.74) is 3.17. The number of carbonyl (C=O) groups excluding carboxylic acids is 1. The molecule has 2 aromatic rings. The quantitative estimate of drug-likeness (QED) is 0.612. The minimum absolute atomic E-state index is 0.276. The number of benzene rings is 2. The van der Waals surface area contributed by atoms with Gasteiger partial charge in [0.1, 0.15) is 5.60 Å². The Bertz CT molecular complexity index is 937. The molecule has 0 saturated carbocycles. The second-order valence-corrected chi connectivity index (χ2v) is 9.67. The first-order valence-corrected chi connectivity index (χ1v) is 11.2. The molecule has 1 aliphatic rings. The molecule has 0 aromatic heterocycles. The maximum atomic E-state index is 12.5. The van der Waals surface area contributed by atoms with Crippen LogP contribution in [0.2, 0.25) is 5.02 Å². The zero-order valence-corrected chi connectivity index (χ0v) is 19.0. The third-order valence-corrected chi connectivity index (χ3v) is 6.49. The fraction of sp³-hybridized carbons (Fsp3) is 0.391. The zero-order chi connectivity index (χ0) is 21.9. The maximum Gasteiger partial charge on any atom is 0.410 e. The first kappa shape index (κ1) is 22.5. The number of hydrogen-bond acceptors (Lipinski definition) is 4. The Balaban J connectivity index is 1.73. The second-order valence-electron chi connectivity index (χ2n) is 8.27. The topological polar surface area (TPSA) is 66.8 Å². The highest BCUT2D eigenvalue weighted by molar-refractivity contribution is 7.98. The van der Waals surface area contributed by atoms with Crippen LogP contribution in [0.3, 0.4) is 0 Å². The van der Waals surface area contributed by atoms with E-state index in [1.807, 2.05) is 45.0 Å². The van der Waals surface area contributed by atoms with Crippen molar-refractivity contribution in [3.8, 4) is 0 Å². The molecule has 3 rings (SSSR count). The molecule has 1 heterocycles. The molecule has 0 fully saturated rings. The van der Waals surface area contributed by atoms with Gasteiger partial charge in [0.25, 0.3) is 0 Å². The SMILES string of the molecule is CC(C)(C)OC(=O)N1CCc2ccc(Cl)c(SCc3ccc(C(=O)O)cc3)c2CC1. The molecule has 7 heteroatoms. The highest BCUT2D eigenvalue weighted by Crippen LogP contribution is 2.36. The van der Waals surface area contributed by atoms with Crippen molar-refractivity contribution < 1.29 is 19.4 Å². The Hall–Kier alpha value is -2.18. The van der Waals surface area contributed by atoms with Gasteiger partial charge in [-0.25, -0.2) is 9.59 Å². The Kier molecular flexibility index (Phi) is 6.98. The van der Waals surface area contributed by atoms with Gasteiger partial charge < -0.3 is 14.7 Å². The molecule has 0 spiro atoms. The number of carbonyl (C=O) groups is 2. The minimum atomic E-state index is -0.930. The molecule has 5 nitrogen and oxygen atoms in total. The van der Waals surface area contributed by atoms with Crippen molar-refractivity contribution in [2.45, 2.75) is 49.9 Å². The van der Waals surface area contributed by atoms with Crippen molar-refractivity contribution in [2.75, 3.05) is 13.1 Å². The summed E-state index contributed by atoms with van der Waals surface area (Å²) in [6.07, 6.45) is 1.19. The smallest absolute Gasteiger partial charge is 0.410 e. The first-order chi connectivity index (χ1) is 14.1. The van der Waals surface area contributed by atoms with E-state index in [2.05, 4.69) is 0 Å². The van der Waals surface area contributed by atoms with E-state index in [1.54, 1.807) is 28.8 Å². The number of carboxylic acid groups (broad SMARTS) is 1. The normalized spacial score (nSPS) is 14.1. The van der Waals surface area contributed by atoms with Gasteiger partial charge in [0.2, 0.25) is 0 Å². The van der Waals surface area contributed by atoms with Crippen LogP contribution >= 0.6 is 23.4 Å². The van der Waals surface area contributed by atoms with Crippen LogP contribution in [0.1, 0.15) is 47.8 Å². The summed E-state index contributed by atoms with van der Waals surface area (Å²) in [5, 5.41) is 9.74. The molecule has 0 unspecified atom stereocenters. The van der Waals surface area contributed by atoms with Gasteiger partial charge in [-0.2, -0.15) is 0 Å². The van der Waals surface area contributed by atoms with E-state index >= 15 is 0 Å². The predicted octanol–water partition coefficient (Wildman–Crippen LogP) is 5.67. The fourth-order valence-corrected chi connectivity index (χ4v) is 4.78. The number of hydrogen-bond donors (Lipinski definition) is 1. The van der Waals surface area contributed by atoms with Crippen LogP contribution in [0.15, 0.2) is 41.3 Å². The zero-order valence-electron chi connectivity index (χ0n) is 17.4. The monoisotopic (exact) mass is 447 g/mol. The van der Waals surface area contributed by atoms with E-state index in [0.29, 0.717) is 23.9 Å². The van der Waals surface area contributed by atoms with Gasteiger partial charge in [0, 0.05) is 23.7 Å². The lowest BCUT2D eigenvalue weighted by Crippen LogP contribution is -2.38. The average Bonchev–Trinajstić information content (AvgIpc) is 2.89. The number of amides is 1. The van der Waals surface area contributed by atoms with Crippen LogP contribution in [-0.4, -0.2) is 40.8 Å². The van der Waals surface area contributed by atoms with Gasteiger partial charge in [0.05, 0.1) is 10.6 Å². The number of nitrogens with zero attached hydrogens (tertiary/aromatic N) is 1. The molecule has 0 radical (unpaired) electrons. The lowest BCUT2D eigenvalue weighted by Gasteiger charge is -2.26. The van der Waals surface area contributed by atoms with E-state index < -0.39 is 11.6 Å². The van der Waals surface area contributed by atoms with Crippen molar-refractivity contribution in [3.05, 3.63) is 63.7 Å². The lowest BCUT2D eigenvalue weighted by atomic mass is 10.0. The van der Waals surface area contributed by atoms with E-state index in [9.17, 15) is 9.59 Å². The largest absolute Gasteiger partial charge is 0.478 e. The highest BCUT2D eigenvalue weighted by Gasteiger charge is 2.25. The summed E-state index contributed by atoms with van der Waals surface area (Å²) in [7, 11) is 0. The number of aromatic carboxylic acids is 1. The van der Waals surface area contributed by atoms with Crippen LogP contribution in [0, 0.1) is 0 Å². The Morgan fingerprint density at radius 1 is 1.10 bits per heavy atom. The first-order valence-electron chi connectivity index (χ1n) is 9.87. The minimum Gasteiger partial charge on any atom is -0.478 e. The molecular weight excluding hydrogens is 422 g/mol. The van der Waals surface area contributed by atoms with Crippen molar-refractivity contribution in [3.63, 3.8) is 0 Å². The van der Waals surface area contributed by atoms with Crippen LogP contribution in [0.25, 0.3) is 0 Å². The van der Waals surface area contributed by atoms with Crippen LogP contribution in [0.5, 0.6) is 0 Å². The van der Waals surface area contributed by atoms with E-state index in [1.165, 1.54) is 11.1 Å². The average molecular weight is 448 g/mol. The molecule has 1 amide bonds. The molecule has 1 N–H and O–H groups in total. The van der Waals surface area contributed by atoms with Gasteiger partial charge in [-0.3, -0.25) is 0 Å². The number of rotatable bonds is 4. The predicted molar refractivity (Wildman–Crippen MR) is 120 cm³/mol. The highest BCUT2D eigenvalue weighted by atomic mass is 35.5. The summed E-state index contributed by atoms with van der Waals surface area (Å²) in [6.45, 7) is 6.81. The third-order valence-electron chi connectivity index (χ3n) is 4.83. The van der Waals surface area contributed by atoms with Crippen molar-refractivity contribution in [1.82, 2.24) is 4.90 Å². The lowest BCUT2D eigenvalue weighted by molar-refractivity contribution is 0.0258. The molecular formula is C23H26ClNO4S. The number of ether oxygens (including phenoxy) is 1. The number of fused-ring (bicyclic) bond motifs is 1. The van der Waals surface area contributed by atoms with Crippen LogP contribution < -0.4 is 0 Å². The van der Waals surface area contributed by atoms with E-state index in [-0.39, 0.29) is 11.7 Å². The molecule has 0 bridgehead atoms. The number of thioether (sulfide) groups is 1. The maximum absolute atomic E-state index is 12.5. The Morgan fingerprint density at radius 2 is 1.77 bits per heavy atom. The summed E-state index contributed by atoms with van der Waals surface area (Å²) >= 11 is 8.17. The molecule has 0 saturated heterocycles. The van der Waals surface area contributed by atoms with Crippen LogP contribution in [0.4, 0.5) is 4.79 Å². The van der Waals surface area contributed by atoms with Gasteiger partial charge in [-0.05, 0) is 68.5 Å². The van der Waals surface area contributed by atoms with Crippen molar-refractivity contribution in [1.29, 1.82) is 0 Å². The molecule has 2 aromatic carbocycles. The molecule has 30 heavy (non-hydrogen) atoms. The summed E-state index contributed by atoms with van der Waals surface area (Å²) in [6, 6.07) is 10.8. The Morgan fingerprint density at radius 3 is 2.40 bits per heavy atom. The molecule has 160 valence electrons. The molecule has 1 aliphatic heterocycles.